The third-order valence-electron chi connectivity index (χ3n) is 3.41. The van der Waals surface area contributed by atoms with Gasteiger partial charge in [0, 0.05) is 33.4 Å². The van der Waals surface area contributed by atoms with E-state index in [1.807, 2.05) is 0 Å². The van der Waals surface area contributed by atoms with Crippen molar-refractivity contribution in [2.24, 2.45) is 4.99 Å². The van der Waals surface area contributed by atoms with E-state index in [0.717, 1.165) is 51.5 Å². The molecule has 1 unspecified atom stereocenters. The molecule has 0 amide bonds. The highest BCUT2D eigenvalue weighted by molar-refractivity contribution is 14.0. The van der Waals surface area contributed by atoms with Crippen LogP contribution in [0.15, 0.2) is 4.99 Å². The monoisotopic (exact) mass is 429 g/mol. The van der Waals surface area contributed by atoms with Crippen molar-refractivity contribution in [1.29, 1.82) is 0 Å². The molecule has 1 aliphatic heterocycles. The minimum absolute atomic E-state index is 0. The quantitative estimate of drug-likeness (QED) is 0.240. The van der Waals surface area contributed by atoms with Gasteiger partial charge >= 0.3 is 0 Å². The fourth-order valence-electron chi connectivity index (χ4n) is 2.17. The number of ether oxygens (including phenoxy) is 3. The molecule has 1 rings (SSSR count). The van der Waals surface area contributed by atoms with Gasteiger partial charge in [0.15, 0.2) is 5.96 Å². The lowest BCUT2D eigenvalue weighted by atomic mass is 10.0. The Morgan fingerprint density at radius 3 is 2.73 bits per heavy atom. The average molecular weight is 429 g/mol. The molecule has 0 aromatic rings. The van der Waals surface area contributed by atoms with Gasteiger partial charge in [-0.15, -0.1) is 24.0 Å². The molecular weight excluding hydrogens is 397 g/mol. The Balaban J connectivity index is 0.00000441. The van der Waals surface area contributed by atoms with Crippen molar-refractivity contribution in [3.63, 3.8) is 0 Å². The van der Waals surface area contributed by atoms with Gasteiger partial charge in [0.2, 0.25) is 0 Å². The highest BCUT2D eigenvalue weighted by Crippen LogP contribution is 2.24. The standard InChI is InChI=1S/C15H31N3O3.HI/c1-4-16-14(17-8-6-9-20-12-11-19-3)18-13-15(2)7-5-10-21-15;/h4-13H2,1-3H3,(H2,16,17,18);1H. The second kappa shape index (κ2) is 13.3. The smallest absolute Gasteiger partial charge is 0.191 e. The Hall–Kier alpha value is -0.120. The van der Waals surface area contributed by atoms with Crippen molar-refractivity contribution >= 4 is 29.9 Å². The zero-order valence-corrected chi connectivity index (χ0v) is 16.5. The second-order valence-electron chi connectivity index (χ2n) is 5.48. The van der Waals surface area contributed by atoms with Crippen LogP contribution in [0.4, 0.5) is 0 Å². The molecule has 1 saturated heterocycles. The highest BCUT2D eigenvalue weighted by atomic mass is 127. The van der Waals surface area contributed by atoms with Crippen molar-refractivity contribution in [1.82, 2.24) is 10.6 Å². The summed E-state index contributed by atoms with van der Waals surface area (Å²) in [6.07, 6.45) is 3.17. The molecule has 1 heterocycles. The average Bonchev–Trinajstić information content (AvgIpc) is 2.91. The summed E-state index contributed by atoms with van der Waals surface area (Å²) in [4.78, 5) is 4.62. The van der Waals surface area contributed by atoms with E-state index < -0.39 is 0 Å². The summed E-state index contributed by atoms with van der Waals surface area (Å²) in [5.41, 5.74) is -0.0917. The van der Waals surface area contributed by atoms with Crippen LogP contribution in [0.1, 0.15) is 33.1 Å². The number of rotatable bonds is 10. The van der Waals surface area contributed by atoms with Gasteiger partial charge in [-0.3, -0.25) is 4.99 Å². The number of nitrogens with zero attached hydrogens (tertiary/aromatic N) is 1. The first-order chi connectivity index (χ1) is 10.2. The zero-order valence-electron chi connectivity index (χ0n) is 14.2. The van der Waals surface area contributed by atoms with Crippen molar-refractivity contribution in [2.45, 2.75) is 38.7 Å². The van der Waals surface area contributed by atoms with Crippen LogP contribution in [0.25, 0.3) is 0 Å². The molecular formula is C15H32IN3O3. The van der Waals surface area contributed by atoms with E-state index in [9.17, 15) is 0 Å². The summed E-state index contributed by atoms with van der Waals surface area (Å²) in [6, 6.07) is 0. The summed E-state index contributed by atoms with van der Waals surface area (Å²) in [5, 5.41) is 6.58. The van der Waals surface area contributed by atoms with E-state index in [2.05, 4.69) is 29.5 Å². The first-order valence-electron chi connectivity index (χ1n) is 7.93. The SMILES string of the molecule is CCNC(=NCC1(C)CCCO1)NCCCOCCOC.I. The van der Waals surface area contributed by atoms with E-state index in [1.165, 1.54) is 0 Å². The highest BCUT2D eigenvalue weighted by Gasteiger charge is 2.29. The minimum Gasteiger partial charge on any atom is -0.382 e. The van der Waals surface area contributed by atoms with E-state index in [-0.39, 0.29) is 29.6 Å². The number of halogens is 1. The van der Waals surface area contributed by atoms with Gasteiger partial charge in [0.1, 0.15) is 0 Å². The fraction of sp³-hybridized carbons (Fsp3) is 0.933. The third kappa shape index (κ3) is 9.81. The first kappa shape index (κ1) is 21.9. The van der Waals surface area contributed by atoms with Crippen molar-refractivity contribution in [3.8, 4) is 0 Å². The van der Waals surface area contributed by atoms with Gasteiger partial charge in [-0.1, -0.05) is 0 Å². The number of methoxy groups -OCH3 is 1. The molecule has 0 aromatic carbocycles. The fourth-order valence-corrected chi connectivity index (χ4v) is 2.17. The van der Waals surface area contributed by atoms with Crippen molar-refractivity contribution in [3.05, 3.63) is 0 Å². The number of aliphatic imine (C=N–C) groups is 1. The van der Waals surface area contributed by atoms with Gasteiger partial charge in [-0.2, -0.15) is 0 Å². The van der Waals surface area contributed by atoms with Crippen molar-refractivity contribution in [2.75, 3.05) is 53.2 Å². The van der Waals surface area contributed by atoms with Gasteiger partial charge in [0.05, 0.1) is 25.4 Å². The lowest BCUT2D eigenvalue weighted by Gasteiger charge is -2.21. The predicted octanol–water partition coefficient (Wildman–Crippen LogP) is 1.78. The Labute approximate surface area is 151 Å². The van der Waals surface area contributed by atoms with E-state index >= 15 is 0 Å². The number of hydrogen-bond donors (Lipinski definition) is 2. The molecule has 0 radical (unpaired) electrons. The molecule has 22 heavy (non-hydrogen) atoms. The molecule has 6 nitrogen and oxygen atoms in total. The summed E-state index contributed by atoms with van der Waals surface area (Å²) < 4.78 is 16.1. The Kier molecular flexibility index (Phi) is 13.3. The minimum atomic E-state index is -0.0917. The molecule has 0 spiro atoms. The maximum absolute atomic E-state index is 5.76. The summed E-state index contributed by atoms with van der Waals surface area (Å²) >= 11 is 0. The summed E-state index contributed by atoms with van der Waals surface area (Å²) in [7, 11) is 1.68. The molecule has 2 N–H and O–H groups in total. The van der Waals surface area contributed by atoms with Gasteiger partial charge in [-0.05, 0) is 33.1 Å². The third-order valence-corrected chi connectivity index (χ3v) is 3.41. The molecule has 7 heteroatoms. The predicted molar refractivity (Wildman–Crippen MR) is 100 cm³/mol. The molecule has 0 aliphatic carbocycles. The van der Waals surface area contributed by atoms with E-state index in [1.54, 1.807) is 7.11 Å². The van der Waals surface area contributed by atoms with Crippen molar-refractivity contribution < 1.29 is 14.2 Å². The summed E-state index contributed by atoms with van der Waals surface area (Å²) in [5.74, 6) is 0.853. The van der Waals surface area contributed by atoms with Gasteiger partial charge in [-0.25, -0.2) is 0 Å². The number of hydrogen-bond acceptors (Lipinski definition) is 4. The van der Waals surface area contributed by atoms with Gasteiger partial charge in [0.25, 0.3) is 0 Å². The Morgan fingerprint density at radius 2 is 2.09 bits per heavy atom. The van der Waals surface area contributed by atoms with Crippen LogP contribution in [-0.4, -0.2) is 64.7 Å². The van der Waals surface area contributed by atoms with Crippen LogP contribution in [0.5, 0.6) is 0 Å². The van der Waals surface area contributed by atoms with Crippen LogP contribution in [0, 0.1) is 0 Å². The van der Waals surface area contributed by atoms with Crippen LogP contribution >= 0.6 is 24.0 Å². The topological polar surface area (TPSA) is 64.1 Å². The zero-order chi connectivity index (χ0) is 15.4. The molecule has 132 valence electrons. The lowest BCUT2D eigenvalue weighted by Crippen LogP contribution is -2.39. The Bertz CT molecular complexity index is 298. The van der Waals surface area contributed by atoms with E-state index in [0.29, 0.717) is 19.8 Å². The molecule has 0 saturated carbocycles. The number of guanidine groups is 1. The van der Waals surface area contributed by atoms with Gasteiger partial charge < -0.3 is 24.8 Å². The molecule has 0 aromatic heterocycles. The normalized spacial score (nSPS) is 21.5. The van der Waals surface area contributed by atoms with Crippen LogP contribution in [0.2, 0.25) is 0 Å². The largest absolute Gasteiger partial charge is 0.382 e. The van der Waals surface area contributed by atoms with Crippen LogP contribution < -0.4 is 10.6 Å². The molecule has 1 aliphatic rings. The molecule has 1 fully saturated rings. The summed E-state index contributed by atoms with van der Waals surface area (Å²) in [6.45, 7) is 9.49. The first-order valence-corrected chi connectivity index (χ1v) is 7.93. The lowest BCUT2D eigenvalue weighted by molar-refractivity contribution is 0.0283. The van der Waals surface area contributed by atoms with Crippen LogP contribution in [0.3, 0.4) is 0 Å². The maximum Gasteiger partial charge on any atom is 0.191 e. The number of nitrogens with one attached hydrogen (secondary N) is 2. The maximum atomic E-state index is 5.76. The van der Waals surface area contributed by atoms with E-state index in [4.69, 9.17) is 14.2 Å². The Morgan fingerprint density at radius 1 is 1.27 bits per heavy atom. The molecule has 0 bridgehead atoms. The second-order valence-corrected chi connectivity index (χ2v) is 5.48. The van der Waals surface area contributed by atoms with Crippen LogP contribution in [-0.2, 0) is 14.2 Å². The molecule has 1 atom stereocenters.